The number of benzene rings is 3. The molecule has 0 aliphatic carbocycles. The van der Waals surface area contributed by atoms with Crippen molar-refractivity contribution in [3.05, 3.63) is 83.9 Å². The highest BCUT2D eigenvalue weighted by molar-refractivity contribution is 7.47. The molecule has 5 amide bonds. The molecule has 1 saturated heterocycles. The van der Waals surface area contributed by atoms with Crippen molar-refractivity contribution in [1.29, 1.82) is 0 Å². The number of carbonyl (C=O) groups excluding carboxylic acids is 8. The van der Waals surface area contributed by atoms with Gasteiger partial charge in [-0.05, 0) is 71.8 Å². The molecular formula is C81H130N5O16P. The molecule has 3 aromatic rings. The number of hydrogen-bond acceptors (Lipinski definition) is 15. The number of fused-ring (bicyclic) bond motifs is 1. The van der Waals surface area contributed by atoms with Crippen molar-refractivity contribution in [3.63, 3.8) is 0 Å². The zero-order chi connectivity index (χ0) is 75.0. The van der Waals surface area contributed by atoms with Gasteiger partial charge in [0.2, 0.25) is 17.7 Å². The van der Waals surface area contributed by atoms with Crippen molar-refractivity contribution in [3.8, 4) is 0 Å². The zero-order valence-electron chi connectivity index (χ0n) is 63.9. The molecule has 1 fully saturated rings. The molecule has 3 aromatic carbocycles. The Hall–Kier alpha value is -6.41. The summed E-state index contributed by atoms with van der Waals surface area (Å²) in [6.07, 6.45) is 28.0. The predicted octanol–water partition coefficient (Wildman–Crippen LogP) is 15.9. The number of ether oxygens (including phenoxy) is 4. The van der Waals surface area contributed by atoms with Crippen LogP contribution in [0.1, 0.15) is 266 Å². The van der Waals surface area contributed by atoms with Crippen LogP contribution in [0, 0.1) is 23.7 Å². The highest BCUT2D eigenvalue weighted by Gasteiger charge is 2.37. The topological polar surface area (TPSA) is 281 Å². The van der Waals surface area contributed by atoms with E-state index < -0.39 is 105 Å². The third-order valence-electron chi connectivity index (χ3n) is 18.7. The normalized spacial score (nSPS) is 14.7. The Morgan fingerprint density at radius 2 is 1.04 bits per heavy atom. The first-order chi connectivity index (χ1) is 49.6. The standard InChI is InChI=1S/C81H130N5O16P/c1-9-11-13-15-17-19-21-23-25-27-29-31-36-44-73(87)97-59-69(101-74(88)45-37-32-30-28-26-24-22-20-18-16-14-12-10-2)60-100-103(95,96)99-53-50-82-78(91)75(63(7)8)85-77(90)72(54-61(3)4)102-80(93)67-48-51-86(52-49-67)79(92)71(57-65-46-47-66-42-38-39-43-68(66)55-65)83-76(89)70(56-64-40-34-33-35-41-64)84-81(94)98-58-62(5)6/h33-35,38-43,46-47,55,61-63,67,69-72,75H,9-32,36-37,44-45,48-54,56-60H2,1-8H3,(H,82,91)(H,83,89)(H,84,94)(H,85,90)(H,95,96)/t69?,70-,71+,72-,75-/m0/s1. The lowest BCUT2D eigenvalue weighted by Gasteiger charge is -2.34. The van der Waals surface area contributed by atoms with Gasteiger partial charge in [-0.25, -0.2) is 9.36 Å². The van der Waals surface area contributed by atoms with Crippen LogP contribution in [0.15, 0.2) is 72.8 Å². The van der Waals surface area contributed by atoms with Gasteiger partial charge in [0.05, 0.1) is 25.7 Å². The van der Waals surface area contributed by atoms with Crippen LogP contribution in [-0.2, 0) is 79.0 Å². The Labute approximate surface area is 616 Å². The minimum atomic E-state index is -4.82. The molecule has 0 saturated carbocycles. The number of alkyl carbamates (subject to hydrolysis) is 1. The van der Waals surface area contributed by atoms with E-state index in [1.165, 1.54) is 109 Å². The summed E-state index contributed by atoms with van der Waals surface area (Å²) in [6.45, 7) is 14.1. The summed E-state index contributed by atoms with van der Waals surface area (Å²) < 4.78 is 46.3. The van der Waals surface area contributed by atoms with Crippen molar-refractivity contribution >= 4 is 66.2 Å². The fourth-order valence-electron chi connectivity index (χ4n) is 12.6. The average Bonchev–Trinajstić information content (AvgIpc) is 0.826. The van der Waals surface area contributed by atoms with Crippen LogP contribution in [0.4, 0.5) is 4.79 Å². The number of amides is 5. The lowest BCUT2D eigenvalue weighted by molar-refractivity contribution is -0.163. The number of unbranched alkanes of at least 4 members (excludes halogenated alkanes) is 24. The van der Waals surface area contributed by atoms with Crippen LogP contribution in [0.25, 0.3) is 10.8 Å². The predicted molar refractivity (Wildman–Crippen MR) is 404 cm³/mol. The molecule has 5 N–H and O–H groups in total. The molecule has 21 nitrogen and oxygen atoms in total. The van der Waals surface area contributed by atoms with Gasteiger partial charge < -0.3 is 50.0 Å². The summed E-state index contributed by atoms with van der Waals surface area (Å²) in [7, 11) is -4.82. The molecule has 580 valence electrons. The number of likely N-dealkylation sites (tertiary alicyclic amines) is 1. The lowest BCUT2D eigenvalue weighted by Crippen LogP contribution is -2.56. The number of hydrogen-bond donors (Lipinski definition) is 5. The number of esters is 3. The van der Waals surface area contributed by atoms with E-state index in [1.807, 2.05) is 100 Å². The first-order valence-electron chi connectivity index (χ1n) is 39.4. The van der Waals surface area contributed by atoms with E-state index in [-0.39, 0.29) is 95.5 Å². The van der Waals surface area contributed by atoms with E-state index in [0.717, 1.165) is 66.8 Å². The number of phosphoric acid groups is 1. The van der Waals surface area contributed by atoms with Crippen LogP contribution in [0.5, 0.6) is 0 Å². The Kier molecular flexibility index (Phi) is 45.4. The number of phosphoric ester groups is 1. The molecule has 0 aromatic heterocycles. The van der Waals surface area contributed by atoms with Gasteiger partial charge in [0, 0.05) is 45.3 Å². The average molecular weight is 1460 g/mol. The molecule has 0 spiro atoms. The maximum absolute atomic E-state index is 14.7. The number of piperidine rings is 1. The molecule has 2 unspecified atom stereocenters. The molecule has 1 heterocycles. The summed E-state index contributed by atoms with van der Waals surface area (Å²) in [6, 6.07) is 19.6. The Morgan fingerprint density at radius 3 is 1.58 bits per heavy atom. The molecular weight excluding hydrogens is 1330 g/mol. The fourth-order valence-corrected chi connectivity index (χ4v) is 13.4. The second-order valence-electron chi connectivity index (χ2n) is 29.4. The molecule has 4 rings (SSSR count). The van der Waals surface area contributed by atoms with E-state index in [0.29, 0.717) is 12.8 Å². The van der Waals surface area contributed by atoms with E-state index in [9.17, 15) is 47.8 Å². The summed E-state index contributed by atoms with van der Waals surface area (Å²) in [4.78, 5) is 122. The van der Waals surface area contributed by atoms with E-state index in [4.69, 9.17) is 28.0 Å². The summed E-state index contributed by atoms with van der Waals surface area (Å²) in [5.41, 5.74) is 1.58. The highest BCUT2D eigenvalue weighted by Crippen LogP contribution is 2.43. The van der Waals surface area contributed by atoms with Crippen molar-refractivity contribution < 1.29 is 75.8 Å². The molecule has 22 heteroatoms. The largest absolute Gasteiger partial charge is 0.472 e. The smallest absolute Gasteiger partial charge is 0.462 e. The SMILES string of the molecule is CCCCCCCCCCCCCCCC(=O)OCC(COP(=O)(O)OCCNC(=O)[C@@H](NC(=O)[C@H](CC(C)C)OC(=O)C1CCN(C(=O)[C@@H](Cc2ccc3ccccc3c2)NC(=O)[C@H](Cc2ccccc2)NC(=O)OCC(C)C)CC1)C(C)C)OC(=O)CCCCCCCCCCCCCCC. The quantitative estimate of drug-likeness (QED) is 0.0152. The van der Waals surface area contributed by atoms with Gasteiger partial charge in [0.1, 0.15) is 24.7 Å². The Balaban J connectivity index is 1.29. The Bertz CT molecular complexity index is 2960. The third kappa shape index (κ3) is 39.5. The number of nitrogens with one attached hydrogen (secondary N) is 4. The van der Waals surface area contributed by atoms with Crippen molar-refractivity contribution in [1.82, 2.24) is 26.2 Å². The van der Waals surface area contributed by atoms with Crippen molar-refractivity contribution in [2.45, 2.75) is 298 Å². The fraction of sp³-hybridized carbons (Fsp3) is 0.704. The minimum Gasteiger partial charge on any atom is -0.462 e. The van der Waals surface area contributed by atoms with Gasteiger partial charge in [-0.15, -0.1) is 0 Å². The molecule has 0 radical (unpaired) electrons. The van der Waals surface area contributed by atoms with E-state index in [1.54, 1.807) is 18.7 Å². The van der Waals surface area contributed by atoms with Gasteiger partial charge in [-0.3, -0.25) is 42.6 Å². The van der Waals surface area contributed by atoms with Gasteiger partial charge in [0.15, 0.2) is 12.2 Å². The van der Waals surface area contributed by atoms with E-state index in [2.05, 4.69) is 35.1 Å². The van der Waals surface area contributed by atoms with Crippen LogP contribution >= 0.6 is 7.82 Å². The molecule has 103 heavy (non-hydrogen) atoms. The van der Waals surface area contributed by atoms with Crippen molar-refractivity contribution in [2.24, 2.45) is 23.7 Å². The number of nitrogens with zero attached hydrogens (tertiary/aromatic N) is 1. The second kappa shape index (κ2) is 52.5. The Morgan fingerprint density at radius 1 is 0.515 bits per heavy atom. The molecule has 0 bridgehead atoms. The zero-order valence-corrected chi connectivity index (χ0v) is 64.8. The summed E-state index contributed by atoms with van der Waals surface area (Å²) in [5, 5.41) is 13.0. The monoisotopic (exact) mass is 1460 g/mol. The maximum Gasteiger partial charge on any atom is 0.472 e. The van der Waals surface area contributed by atoms with Gasteiger partial charge in [-0.1, -0.05) is 282 Å². The number of rotatable bonds is 56. The van der Waals surface area contributed by atoms with Crippen LogP contribution in [0.3, 0.4) is 0 Å². The number of carbonyl (C=O) groups is 8. The minimum absolute atomic E-state index is 0.0585. The second-order valence-corrected chi connectivity index (χ2v) is 30.8. The van der Waals surface area contributed by atoms with Gasteiger partial charge >= 0.3 is 31.8 Å². The van der Waals surface area contributed by atoms with Crippen LogP contribution < -0.4 is 21.3 Å². The molecule has 1 aliphatic heterocycles. The first-order valence-corrected chi connectivity index (χ1v) is 40.9. The molecule has 6 atom stereocenters. The third-order valence-corrected chi connectivity index (χ3v) is 19.7. The maximum atomic E-state index is 14.7. The van der Waals surface area contributed by atoms with Crippen LogP contribution in [0.2, 0.25) is 0 Å². The van der Waals surface area contributed by atoms with E-state index >= 15 is 0 Å². The first kappa shape index (κ1) is 89.0. The van der Waals surface area contributed by atoms with Crippen LogP contribution in [-0.4, -0.2) is 134 Å². The molecule has 1 aliphatic rings. The summed E-state index contributed by atoms with van der Waals surface area (Å²) in [5.74, 6) is -5.14. The van der Waals surface area contributed by atoms with Gasteiger partial charge in [0.25, 0.3) is 5.91 Å². The summed E-state index contributed by atoms with van der Waals surface area (Å²) >= 11 is 0. The lowest BCUT2D eigenvalue weighted by atomic mass is 9.95. The highest BCUT2D eigenvalue weighted by atomic mass is 31.2. The van der Waals surface area contributed by atoms with Crippen molar-refractivity contribution in [2.75, 3.05) is 46.1 Å². The van der Waals surface area contributed by atoms with Gasteiger partial charge in [-0.2, -0.15) is 0 Å².